The number of thioether (sulfide) groups is 1. The summed E-state index contributed by atoms with van der Waals surface area (Å²) in [5.74, 6) is 0.999. The maximum atomic E-state index is 13.1. The van der Waals surface area contributed by atoms with Crippen molar-refractivity contribution in [2.75, 3.05) is 5.32 Å². The van der Waals surface area contributed by atoms with Crippen molar-refractivity contribution >= 4 is 34.1 Å². The van der Waals surface area contributed by atoms with E-state index in [1.807, 2.05) is 22.9 Å². The maximum Gasteiger partial charge on any atom is 0.239 e. The number of rotatable bonds is 8. The first-order chi connectivity index (χ1) is 14.0. The van der Waals surface area contributed by atoms with Gasteiger partial charge in [0.15, 0.2) is 10.3 Å². The number of nitrogens with zero attached hydrogens (tertiary/aromatic N) is 4. The Hall–Kier alpha value is -2.52. The molecule has 2 aromatic heterocycles. The lowest BCUT2D eigenvalue weighted by molar-refractivity contribution is -0.115. The molecule has 1 aliphatic rings. The highest BCUT2D eigenvalue weighted by Gasteiger charge is 2.31. The lowest BCUT2D eigenvalue weighted by atomic mass is 10.2. The molecule has 0 saturated heterocycles. The highest BCUT2D eigenvalue weighted by Crippen LogP contribution is 2.40. The number of allylic oxidation sites excluding steroid dienone is 1. The summed E-state index contributed by atoms with van der Waals surface area (Å²) < 4.78 is 15.1. The molecule has 6 nitrogen and oxygen atoms in total. The van der Waals surface area contributed by atoms with Gasteiger partial charge in [-0.3, -0.25) is 4.79 Å². The number of carbonyl (C=O) groups is 1. The molecule has 0 aliphatic heterocycles. The zero-order valence-corrected chi connectivity index (χ0v) is 17.5. The lowest BCUT2D eigenvalue weighted by Gasteiger charge is -2.11. The predicted molar refractivity (Wildman–Crippen MR) is 114 cm³/mol. The van der Waals surface area contributed by atoms with Gasteiger partial charge in [-0.05, 0) is 44.0 Å². The maximum absolute atomic E-state index is 13.1. The molecule has 0 bridgehead atoms. The van der Waals surface area contributed by atoms with Gasteiger partial charge in [0.2, 0.25) is 5.91 Å². The van der Waals surface area contributed by atoms with Crippen molar-refractivity contribution in [3.63, 3.8) is 0 Å². The van der Waals surface area contributed by atoms with E-state index in [1.165, 1.54) is 35.2 Å². The third-order valence-electron chi connectivity index (χ3n) is 4.53. The fourth-order valence-electron chi connectivity index (χ4n) is 2.83. The molecule has 1 amide bonds. The summed E-state index contributed by atoms with van der Waals surface area (Å²) in [6.45, 7) is 6.27. The molecule has 0 radical (unpaired) electrons. The Morgan fingerprint density at radius 2 is 2.17 bits per heavy atom. The summed E-state index contributed by atoms with van der Waals surface area (Å²) in [5.41, 5.74) is 1.50. The third kappa shape index (κ3) is 4.56. The Balaban J connectivity index is 1.41. The van der Waals surface area contributed by atoms with Gasteiger partial charge in [0.05, 0.1) is 10.9 Å². The molecule has 3 aromatic rings. The van der Waals surface area contributed by atoms with Crippen molar-refractivity contribution in [1.29, 1.82) is 0 Å². The number of hydrogen-bond acceptors (Lipinski definition) is 6. The first-order valence-electron chi connectivity index (χ1n) is 9.28. The van der Waals surface area contributed by atoms with E-state index in [0.29, 0.717) is 23.3 Å². The molecule has 9 heteroatoms. The largest absolute Gasteiger partial charge is 0.302 e. The molecule has 0 spiro atoms. The molecule has 1 N–H and O–H groups in total. The highest BCUT2D eigenvalue weighted by molar-refractivity contribution is 8.00. The van der Waals surface area contributed by atoms with Crippen LogP contribution >= 0.6 is 23.1 Å². The van der Waals surface area contributed by atoms with Crippen molar-refractivity contribution in [2.45, 2.75) is 42.6 Å². The molecular formula is C20H20FN5OS2. The van der Waals surface area contributed by atoms with E-state index >= 15 is 0 Å². The van der Waals surface area contributed by atoms with Gasteiger partial charge in [0.1, 0.15) is 11.6 Å². The number of anilines is 1. The van der Waals surface area contributed by atoms with Gasteiger partial charge in [-0.25, -0.2) is 9.37 Å². The summed E-state index contributed by atoms with van der Waals surface area (Å²) in [6.07, 6.45) is 4.09. The minimum absolute atomic E-state index is 0.156. The summed E-state index contributed by atoms with van der Waals surface area (Å²) in [6, 6.07) is 6.11. The van der Waals surface area contributed by atoms with Crippen LogP contribution in [0.1, 0.15) is 31.5 Å². The fraction of sp³-hybridized carbons (Fsp3) is 0.300. The quantitative estimate of drug-likeness (QED) is 0.414. The molecule has 150 valence electrons. The second kappa shape index (κ2) is 8.46. The van der Waals surface area contributed by atoms with Gasteiger partial charge in [-0.15, -0.1) is 28.1 Å². The van der Waals surface area contributed by atoms with Crippen molar-refractivity contribution in [3.8, 4) is 11.3 Å². The number of thiazole rings is 1. The van der Waals surface area contributed by atoms with Crippen LogP contribution in [0, 0.1) is 5.82 Å². The molecule has 1 aromatic carbocycles. The van der Waals surface area contributed by atoms with E-state index in [-0.39, 0.29) is 17.0 Å². The first kappa shape index (κ1) is 19.8. The molecule has 1 unspecified atom stereocenters. The average molecular weight is 430 g/mol. The zero-order chi connectivity index (χ0) is 20.4. The summed E-state index contributed by atoms with van der Waals surface area (Å²) in [7, 11) is 0. The van der Waals surface area contributed by atoms with Gasteiger partial charge >= 0.3 is 0 Å². The van der Waals surface area contributed by atoms with Crippen LogP contribution in [-0.2, 0) is 11.3 Å². The van der Waals surface area contributed by atoms with Crippen molar-refractivity contribution < 1.29 is 9.18 Å². The van der Waals surface area contributed by atoms with Crippen molar-refractivity contribution in [1.82, 2.24) is 19.7 Å². The Bertz CT molecular complexity index is 1030. The number of benzene rings is 1. The van der Waals surface area contributed by atoms with Gasteiger partial charge in [-0.1, -0.05) is 17.8 Å². The van der Waals surface area contributed by atoms with Crippen LogP contribution in [0.3, 0.4) is 0 Å². The molecule has 29 heavy (non-hydrogen) atoms. The van der Waals surface area contributed by atoms with Crippen LogP contribution in [-0.4, -0.2) is 30.9 Å². The van der Waals surface area contributed by atoms with E-state index in [1.54, 1.807) is 12.1 Å². The van der Waals surface area contributed by atoms with Crippen LogP contribution in [0.4, 0.5) is 9.52 Å². The molecule has 4 rings (SSSR count). The van der Waals surface area contributed by atoms with E-state index in [2.05, 4.69) is 27.1 Å². The van der Waals surface area contributed by atoms with Crippen LogP contribution in [0.2, 0.25) is 0 Å². The van der Waals surface area contributed by atoms with Gasteiger partial charge in [-0.2, -0.15) is 0 Å². The number of nitrogens with one attached hydrogen (secondary N) is 1. The summed E-state index contributed by atoms with van der Waals surface area (Å²) in [4.78, 5) is 17.1. The fourth-order valence-corrected chi connectivity index (χ4v) is 4.42. The van der Waals surface area contributed by atoms with Crippen LogP contribution < -0.4 is 5.32 Å². The van der Waals surface area contributed by atoms with Gasteiger partial charge in [0, 0.05) is 23.4 Å². The standard InChI is InChI=1S/C20H20FN5OS2/c1-3-10-26-17(14-4-5-14)24-25-20(26)29-12(2)18(27)23-19-22-16(11-28-19)13-6-8-15(21)9-7-13/h3,6-9,11-12,14H,1,4-5,10H2,2H3,(H,22,23,27). The molecule has 1 aliphatic carbocycles. The van der Waals surface area contributed by atoms with Gasteiger partial charge < -0.3 is 9.88 Å². The van der Waals surface area contributed by atoms with E-state index in [0.717, 1.165) is 29.4 Å². The van der Waals surface area contributed by atoms with E-state index in [9.17, 15) is 9.18 Å². The average Bonchev–Trinajstić information content (AvgIpc) is 3.33. The highest BCUT2D eigenvalue weighted by atomic mass is 32.2. The minimum Gasteiger partial charge on any atom is -0.302 e. The van der Waals surface area contributed by atoms with E-state index in [4.69, 9.17) is 0 Å². The third-order valence-corrected chi connectivity index (χ3v) is 6.36. The Morgan fingerprint density at radius 1 is 1.41 bits per heavy atom. The Kier molecular flexibility index (Phi) is 5.77. The topological polar surface area (TPSA) is 72.7 Å². The SMILES string of the molecule is C=CCn1c(SC(C)C(=O)Nc2nc(-c3ccc(F)cc3)cs2)nnc1C1CC1. The van der Waals surface area contributed by atoms with Crippen molar-refractivity contribution in [3.05, 3.63) is 53.9 Å². The number of carbonyl (C=O) groups excluding carboxylic acids is 1. The molecule has 1 fully saturated rings. The Morgan fingerprint density at radius 3 is 2.86 bits per heavy atom. The van der Waals surface area contributed by atoms with Crippen LogP contribution in [0.25, 0.3) is 11.3 Å². The second-order valence-corrected chi connectivity index (χ2v) is 8.97. The van der Waals surface area contributed by atoms with Crippen LogP contribution in [0.5, 0.6) is 0 Å². The normalized spacial score (nSPS) is 14.6. The molecule has 1 saturated carbocycles. The monoisotopic (exact) mass is 429 g/mol. The number of amides is 1. The van der Waals surface area contributed by atoms with Gasteiger partial charge in [0.25, 0.3) is 0 Å². The number of aromatic nitrogens is 4. The molecular weight excluding hydrogens is 409 g/mol. The minimum atomic E-state index is -0.368. The molecule has 2 heterocycles. The Labute approximate surface area is 176 Å². The smallest absolute Gasteiger partial charge is 0.239 e. The van der Waals surface area contributed by atoms with E-state index < -0.39 is 0 Å². The summed E-state index contributed by atoms with van der Waals surface area (Å²) in [5, 5.41) is 14.1. The van der Waals surface area contributed by atoms with Crippen molar-refractivity contribution in [2.24, 2.45) is 0 Å². The number of hydrogen-bond donors (Lipinski definition) is 1. The summed E-state index contributed by atoms with van der Waals surface area (Å²) >= 11 is 2.71. The first-order valence-corrected chi connectivity index (χ1v) is 11.0. The number of halogens is 1. The second-order valence-electron chi connectivity index (χ2n) is 6.81. The zero-order valence-electron chi connectivity index (χ0n) is 15.8. The van der Waals surface area contributed by atoms with Crippen LogP contribution in [0.15, 0.2) is 47.5 Å². The predicted octanol–water partition coefficient (Wildman–Crippen LogP) is 4.72. The lowest BCUT2D eigenvalue weighted by Crippen LogP contribution is -2.23. The molecule has 1 atom stereocenters.